The molecule has 20 heavy (non-hydrogen) atoms. The van der Waals surface area contributed by atoms with E-state index in [4.69, 9.17) is 0 Å². The van der Waals surface area contributed by atoms with Crippen molar-refractivity contribution < 1.29 is 12.8 Å². The second kappa shape index (κ2) is 5.24. The van der Waals surface area contributed by atoms with Gasteiger partial charge in [-0.2, -0.15) is 5.10 Å². The number of hydrogen-bond acceptors (Lipinski definition) is 4. The van der Waals surface area contributed by atoms with Crippen molar-refractivity contribution in [1.82, 2.24) is 9.78 Å². The van der Waals surface area contributed by atoms with Crippen molar-refractivity contribution in [2.24, 2.45) is 7.05 Å². The number of sulfone groups is 1. The van der Waals surface area contributed by atoms with Gasteiger partial charge in [0.25, 0.3) is 0 Å². The van der Waals surface area contributed by atoms with Crippen LogP contribution in [0.2, 0.25) is 0 Å². The molecule has 0 bridgehead atoms. The van der Waals surface area contributed by atoms with Crippen molar-refractivity contribution in [3.8, 4) is 0 Å². The van der Waals surface area contributed by atoms with Crippen LogP contribution in [0.5, 0.6) is 0 Å². The standard InChI is InChI=1S/C13H16FN3O2S/c1-9(13-6-7-15-17(13)2)16-12-8-10(20(3,18)19)4-5-11(12)14/h4-9,16H,1-3H3. The number of nitrogens with zero attached hydrogens (tertiary/aromatic N) is 2. The van der Waals surface area contributed by atoms with E-state index in [1.807, 2.05) is 13.0 Å². The number of benzene rings is 1. The fraction of sp³-hybridized carbons (Fsp3) is 0.308. The number of hydrogen-bond donors (Lipinski definition) is 1. The number of aromatic nitrogens is 2. The average molecular weight is 297 g/mol. The quantitative estimate of drug-likeness (QED) is 0.878. The highest BCUT2D eigenvalue weighted by Gasteiger charge is 2.15. The predicted octanol–water partition coefficient (Wildman–Crippen LogP) is 2.14. The molecule has 1 heterocycles. The molecule has 1 N–H and O–H groups in total. The van der Waals surface area contributed by atoms with Crippen LogP contribution in [0, 0.1) is 5.82 Å². The van der Waals surface area contributed by atoms with Crippen LogP contribution in [0.25, 0.3) is 0 Å². The molecular weight excluding hydrogens is 281 g/mol. The summed E-state index contributed by atoms with van der Waals surface area (Å²) in [6.45, 7) is 1.85. The van der Waals surface area contributed by atoms with Crippen LogP contribution in [0.15, 0.2) is 35.4 Å². The van der Waals surface area contributed by atoms with Crippen molar-refractivity contribution in [2.45, 2.75) is 17.9 Å². The van der Waals surface area contributed by atoms with Gasteiger partial charge in [0.1, 0.15) is 5.82 Å². The highest BCUT2D eigenvalue weighted by Crippen LogP contribution is 2.24. The molecule has 1 aromatic heterocycles. The third kappa shape index (κ3) is 2.98. The highest BCUT2D eigenvalue weighted by molar-refractivity contribution is 7.90. The number of nitrogens with one attached hydrogen (secondary N) is 1. The predicted molar refractivity (Wildman–Crippen MR) is 74.8 cm³/mol. The molecular formula is C13H16FN3O2S. The van der Waals surface area contributed by atoms with Gasteiger partial charge in [-0.05, 0) is 31.2 Å². The topological polar surface area (TPSA) is 64.0 Å². The summed E-state index contributed by atoms with van der Waals surface area (Å²) in [7, 11) is -1.58. The maximum absolute atomic E-state index is 13.8. The Morgan fingerprint density at radius 3 is 2.60 bits per heavy atom. The lowest BCUT2D eigenvalue weighted by Crippen LogP contribution is -2.12. The first-order chi connectivity index (χ1) is 9.29. The summed E-state index contributed by atoms with van der Waals surface area (Å²) >= 11 is 0. The van der Waals surface area contributed by atoms with Gasteiger partial charge in [0.15, 0.2) is 9.84 Å². The lowest BCUT2D eigenvalue weighted by atomic mass is 10.2. The second-order valence-electron chi connectivity index (χ2n) is 4.66. The number of anilines is 1. The van der Waals surface area contributed by atoms with Crippen molar-refractivity contribution in [2.75, 3.05) is 11.6 Å². The van der Waals surface area contributed by atoms with E-state index in [0.717, 1.165) is 18.0 Å². The molecule has 0 amide bonds. The van der Waals surface area contributed by atoms with Crippen LogP contribution >= 0.6 is 0 Å². The molecule has 2 aromatic rings. The minimum Gasteiger partial charge on any atom is -0.375 e. The Bertz CT molecular complexity index is 725. The Labute approximate surface area is 117 Å². The van der Waals surface area contributed by atoms with Gasteiger partial charge in [0.2, 0.25) is 0 Å². The van der Waals surface area contributed by atoms with E-state index in [1.54, 1.807) is 17.9 Å². The molecule has 0 aliphatic heterocycles. The van der Waals surface area contributed by atoms with Gasteiger partial charge in [-0.25, -0.2) is 12.8 Å². The molecule has 1 unspecified atom stereocenters. The molecule has 0 radical (unpaired) electrons. The monoisotopic (exact) mass is 297 g/mol. The molecule has 0 aliphatic rings. The third-order valence-corrected chi connectivity index (χ3v) is 4.15. The van der Waals surface area contributed by atoms with Gasteiger partial charge in [-0.15, -0.1) is 0 Å². The Morgan fingerprint density at radius 2 is 2.05 bits per heavy atom. The van der Waals surface area contributed by atoms with E-state index in [1.165, 1.54) is 12.1 Å². The molecule has 0 spiro atoms. The smallest absolute Gasteiger partial charge is 0.175 e. The lowest BCUT2D eigenvalue weighted by molar-refractivity contribution is 0.600. The van der Waals surface area contributed by atoms with E-state index in [2.05, 4.69) is 10.4 Å². The molecule has 1 aromatic carbocycles. The van der Waals surface area contributed by atoms with Crippen LogP contribution in [-0.2, 0) is 16.9 Å². The van der Waals surface area contributed by atoms with Crippen LogP contribution in [0.3, 0.4) is 0 Å². The number of rotatable bonds is 4. The van der Waals surface area contributed by atoms with Crippen LogP contribution in [0.1, 0.15) is 18.7 Å². The first kappa shape index (κ1) is 14.5. The van der Waals surface area contributed by atoms with Crippen molar-refractivity contribution in [3.05, 3.63) is 42.0 Å². The zero-order valence-electron chi connectivity index (χ0n) is 11.5. The summed E-state index contributed by atoms with van der Waals surface area (Å²) < 4.78 is 38.5. The molecule has 0 saturated carbocycles. The zero-order chi connectivity index (χ0) is 14.9. The Kier molecular flexibility index (Phi) is 3.80. The molecule has 1 atom stereocenters. The SMILES string of the molecule is CC(Nc1cc(S(C)(=O)=O)ccc1F)c1ccnn1C. The van der Waals surface area contributed by atoms with Crippen LogP contribution in [-0.4, -0.2) is 24.5 Å². The Morgan fingerprint density at radius 1 is 1.35 bits per heavy atom. The first-order valence-corrected chi connectivity index (χ1v) is 7.92. The zero-order valence-corrected chi connectivity index (χ0v) is 12.3. The fourth-order valence-corrected chi connectivity index (χ4v) is 2.61. The largest absolute Gasteiger partial charge is 0.375 e. The molecule has 0 aliphatic carbocycles. The van der Waals surface area contributed by atoms with E-state index >= 15 is 0 Å². The van der Waals surface area contributed by atoms with Crippen molar-refractivity contribution >= 4 is 15.5 Å². The molecule has 5 nitrogen and oxygen atoms in total. The lowest BCUT2D eigenvalue weighted by Gasteiger charge is -2.16. The highest BCUT2D eigenvalue weighted by atomic mass is 32.2. The van der Waals surface area contributed by atoms with E-state index < -0.39 is 15.7 Å². The maximum atomic E-state index is 13.8. The summed E-state index contributed by atoms with van der Waals surface area (Å²) in [5, 5.41) is 7.01. The summed E-state index contributed by atoms with van der Waals surface area (Å²) in [5.41, 5.74) is 1.02. The van der Waals surface area contributed by atoms with Gasteiger partial charge < -0.3 is 5.32 Å². The third-order valence-electron chi connectivity index (χ3n) is 3.04. The summed E-state index contributed by atoms with van der Waals surface area (Å²) in [4.78, 5) is 0.0820. The van der Waals surface area contributed by atoms with Gasteiger partial charge in [-0.3, -0.25) is 4.68 Å². The normalized spacial score (nSPS) is 13.2. The minimum atomic E-state index is -3.36. The van der Waals surface area contributed by atoms with Crippen LogP contribution in [0.4, 0.5) is 10.1 Å². The first-order valence-electron chi connectivity index (χ1n) is 6.03. The summed E-state index contributed by atoms with van der Waals surface area (Å²) in [6, 6.07) is 5.32. The average Bonchev–Trinajstić information content (AvgIpc) is 2.77. The molecule has 0 fully saturated rings. The molecule has 2 rings (SSSR count). The van der Waals surface area contributed by atoms with Crippen molar-refractivity contribution in [1.29, 1.82) is 0 Å². The Hall–Kier alpha value is -1.89. The van der Waals surface area contributed by atoms with Crippen LogP contribution < -0.4 is 5.32 Å². The van der Waals surface area contributed by atoms with Gasteiger partial charge in [-0.1, -0.05) is 0 Å². The van der Waals surface area contributed by atoms with E-state index in [9.17, 15) is 12.8 Å². The molecule has 108 valence electrons. The van der Waals surface area contributed by atoms with E-state index in [-0.39, 0.29) is 16.6 Å². The van der Waals surface area contributed by atoms with E-state index in [0.29, 0.717) is 0 Å². The van der Waals surface area contributed by atoms with Gasteiger partial charge in [0, 0.05) is 19.5 Å². The van der Waals surface area contributed by atoms with Crippen molar-refractivity contribution in [3.63, 3.8) is 0 Å². The number of aryl methyl sites for hydroxylation is 1. The maximum Gasteiger partial charge on any atom is 0.175 e. The fourth-order valence-electron chi connectivity index (χ4n) is 1.96. The second-order valence-corrected chi connectivity index (χ2v) is 6.68. The number of halogens is 1. The molecule has 7 heteroatoms. The minimum absolute atomic E-state index is 0.0820. The molecule has 0 saturated heterocycles. The van der Waals surface area contributed by atoms with Gasteiger partial charge >= 0.3 is 0 Å². The van der Waals surface area contributed by atoms with Gasteiger partial charge in [0.05, 0.1) is 22.3 Å². The summed E-state index contributed by atoms with van der Waals surface area (Å²) in [6.07, 6.45) is 2.74. The summed E-state index contributed by atoms with van der Waals surface area (Å²) in [5.74, 6) is -0.494. The Balaban J connectivity index is 2.32.